The van der Waals surface area contributed by atoms with Gasteiger partial charge in [0.05, 0.1) is 12.0 Å². The van der Waals surface area contributed by atoms with Gasteiger partial charge in [0.2, 0.25) is 10.0 Å². The molecule has 0 unspecified atom stereocenters. The minimum atomic E-state index is -3.20. The SMILES string of the molecule is CCNC(=NCc1ccco1)NCCS(=O)(=O)N1CCSCC1. The van der Waals surface area contributed by atoms with E-state index in [0.717, 1.165) is 17.3 Å². The molecule has 0 aliphatic carbocycles. The van der Waals surface area contributed by atoms with Crippen molar-refractivity contribution in [2.24, 2.45) is 4.99 Å². The van der Waals surface area contributed by atoms with Crippen LogP contribution in [0.3, 0.4) is 0 Å². The second kappa shape index (κ2) is 9.19. The van der Waals surface area contributed by atoms with Gasteiger partial charge in [0.1, 0.15) is 12.3 Å². The van der Waals surface area contributed by atoms with Gasteiger partial charge in [-0.1, -0.05) is 0 Å². The maximum atomic E-state index is 12.3. The molecule has 9 heteroatoms. The second-order valence-corrected chi connectivity index (χ2v) is 8.34. The van der Waals surface area contributed by atoms with Crippen molar-refractivity contribution in [2.75, 3.05) is 43.4 Å². The molecule has 0 amide bonds. The van der Waals surface area contributed by atoms with E-state index in [1.54, 1.807) is 22.3 Å². The van der Waals surface area contributed by atoms with Gasteiger partial charge in [-0.3, -0.25) is 0 Å². The number of thioether (sulfide) groups is 1. The normalized spacial score (nSPS) is 17.2. The molecule has 0 saturated carbocycles. The van der Waals surface area contributed by atoms with Crippen molar-refractivity contribution >= 4 is 27.7 Å². The van der Waals surface area contributed by atoms with Gasteiger partial charge in [-0.15, -0.1) is 0 Å². The van der Waals surface area contributed by atoms with E-state index in [9.17, 15) is 8.42 Å². The summed E-state index contributed by atoms with van der Waals surface area (Å²) in [4.78, 5) is 4.38. The van der Waals surface area contributed by atoms with Crippen LogP contribution in [0.2, 0.25) is 0 Å². The standard InChI is InChI=1S/C14H24N4O3S2/c1-2-15-14(17-12-13-4-3-8-21-13)16-5-11-23(19,20)18-6-9-22-10-7-18/h3-4,8H,2,5-7,9-12H2,1H3,(H2,15,16,17). The molecule has 0 aromatic carbocycles. The van der Waals surface area contributed by atoms with E-state index in [1.807, 2.05) is 19.1 Å². The summed E-state index contributed by atoms with van der Waals surface area (Å²) in [6.45, 7) is 4.64. The second-order valence-electron chi connectivity index (χ2n) is 5.03. The Hall–Kier alpha value is -1.19. The molecule has 2 N–H and O–H groups in total. The lowest BCUT2D eigenvalue weighted by Crippen LogP contribution is -2.44. The molecule has 1 saturated heterocycles. The number of nitrogens with zero attached hydrogens (tertiary/aromatic N) is 2. The summed E-state index contributed by atoms with van der Waals surface area (Å²) < 4.78 is 31.4. The Morgan fingerprint density at radius 2 is 2.17 bits per heavy atom. The highest BCUT2D eigenvalue weighted by atomic mass is 32.2. The zero-order chi connectivity index (χ0) is 16.5. The number of rotatable bonds is 7. The maximum absolute atomic E-state index is 12.3. The molecule has 0 atom stereocenters. The third-order valence-corrected chi connectivity index (χ3v) is 6.15. The third-order valence-electron chi connectivity index (χ3n) is 3.33. The Bertz CT molecular complexity index is 581. The number of sulfonamides is 1. The lowest BCUT2D eigenvalue weighted by atomic mass is 10.4. The average molecular weight is 361 g/mol. The molecular weight excluding hydrogens is 336 g/mol. The fourth-order valence-electron chi connectivity index (χ4n) is 2.15. The number of nitrogens with one attached hydrogen (secondary N) is 2. The van der Waals surface area contributed by atoms with Gasteiger partial charge in [0, 0.05) is 37.7 Å². The van der Waals surface area contributed by atoms with Gasteiger partial charge >= 0.3 is 0 Å². The van der Waals surface area contributed by atoms with Crippen molar-refractivity contribution in [1.29, 1.82) is 0 Å². The quantitative estimate of drug-likeness (QED) is 0.550. The van der Waals surface area contributed by atoms with E-state index in [2.05, 4.69) is 15.6 Å². The predicted octanol–water partition coefficient (Wildman–Crippen LogP) is 0.713. The Morgan fingerprint density at radius 3 is 2.83 bits per heavy atom. The highest BCUT2D eigenvalue weighted by molar-refractivity contribution is 7.99. The zero-order valence-electron chi connectivity index (χ0n) is 13.3. The van der Waals surface area contributed by atoms with Gasteiger partial charge in [-0.2, -0.15) is 11.8 Å². The number of aliphatic imine (C=N–C) groups is 1. The molecule has 1 aromatic rings. The van der Waals surface area contributed by atoms with Crippen molar-refractivity contribution in [3.05, 3.63) is 24.2 Å². The maximum Gasteiger partial charge on any atom is 0.215 e. The minimum Gasteiger partial charge on any atom is -0.467 e. The van der Waals surface area contributed by atoms with Crippen molar-refractivity contribution in [3.8, 4) is 0 Å². The van der Waals surface area contributed by atoms with Crippen LogP contribution in [0.15, 0.2) is 27.8 Å². The van der Waals surface area contributed by atoms with Crippen LogP contribution in [0.4, 0.5) is 0 Å². The minimum absolute atomic E-state index is 0.0723. The Morgan fingerprint density at radius 1 is 1.39 bits per heavy atom. The Labute approximate surface area is 142 Å². The van der Waals surface area contributed by atoms with E-state index < -0.39 is 10.0 Å². The van der Waals surface area contributed by atoms with Crippen LogP contribution in [-0.2, 0) is 16.6 Å². The summed E-state index contributed by atoms with van der Waals surface area (Å²) in [5, 5.41) is 6.16. The van der Waals surface area contributed by atoms with E-state index in [0.29, 0.717) is 38.7 Å². The first kappa shape index (κ1) is 18.2. The van der Waals surface area contributed by atoms with Crippen LogP contribution in [-0.4, -0.2) is 62.1 Å². The molecule has 2 rings (SSSR count). The number of hydrogen-bond acceptors (Lipinski definition) is 5. The Kier molecular flexibility index (Phi) is 7.25. The molecule has 1 aromatic heterocycles. The van der Waals surface area contributed by atoms with Gasteiger partial charge < -0.3 is 15.1 Å². The van der Waals surface area contributed by atoms with Gasteiger partial charge in [-0.05, 0) is 19.1 Å². The molecule has 2 heterocycles. The van der Waals surface area contributed by atoms with E-state index in [1.165, 1.54) is 0 Å². The summed E-state index contributed by atoms with van der Waals surface area (Å²) in [5.74, 6) is 3.18. The van der Waals surface area contributed by atoms with Gasteiger partial charge in [-0.25, -0.2) is 17.7 Å². The first-order valence-electron chi connectivity index (χ1n) is 7.72. The van der Waals surface area contributed by atoms with E-state index in [4.69, 9.17) is 4.42 Å². The molecule has 130 valence electrons. The van der Waals surface area contributed by atoms with Crippen LogP contribution in [0, 0.1) is 0 Å². The molecule has 0 bridgehead atoms. The Balaban J connectivity index is 1.82. The van der Waals surface area contributed by atoms with Crippen molar-refractivity contribution in [2.45, 2.75) is 13.5 Å². The van der Waals surface area contributed by atoms with Crippen LogP contribution < -0.4 is 10.6 Å². The lowest BCUT2D eigenvalue weighted by Gasteiger charge is -2.25. The molecule has 1 aliphatic heterocycles. The topological polar surface area (TPSA) is 86.9 Å². The van der Waals surface area contributed by atoms with E-state index >= 15 is 0 Å². The summed E-state index contributed by atoms with van der Waals surface area (Å²) in [7, 11) is -3.20. The summed E-state index contributed by atoms with van der Waals surface area (Å²) in [5.41, 5.74) is 0. The van der Waals surface area contributed by atoms with Gasteiger partial charge in [0.15, 0.2) is 5.96 Å². The fraction of sp³-hybridized carbons (Fsp3) is 0.643. The summed E-state index contributed by atoms with van der Waals surface area (Å²) in [6, 6.07) is 3.67. The van der Waals surface area contributed by atoms with Crippen LogP contribution in [0.1, 0.15) is 12.7 Å². The number of furan rings is 1. The van der Waals surface area contributed by atoms with Crippen LogP contribution in [0.5, 0.6) is 0 Å². The van der Waals surface area contributed by atoms with Crippen molar-refractivity contribution in [3.63, 3.8) is 0 Å². The molecular formula is C14H24N4O3S2. The van der Waals surface area contributed by atoms with Crippen molar-refractivity contribution < 1.29 is 12.8 Å². The molecule has 0 spiro atoms. The van der Waals surface area contributed by atoms with Gasteiger partial charge in [0.25, 0.3) is 0 Å². The monoisotopic (exact) mass is 360 g/mol. The zero-order valence-corrected chi connectivity index (χ0v) is 15.0. The first-order chi connectivity index (χ1) is 11.1. The smallest absolute Gasteiger partial charge is 0.215 e. The molecule has 23 heavy (non-hydrogen) atoms. The van der Waals surface area contributed by atoms with Crippen molar-refractivity contribution in [1.82, 2.24) is 14.9 Å². The molecule has 7 nitrogen and oxygen atoms in total. The first-order valence-corrected chi connectivity index (χ1v) is 10.5. The third kappa shape index (κ3) is 6.08. The largest absolute Gasteiger partial charge is 0.467 e. The lowest BCUT2D eigenvalue weighted by molar-refractivity contribution is 0.443. The predicted molar refractivity (Wildman–Crippen MR) is 94.2 cm³/mol. The number of hydrogen-bond donors (Lipinski definition) is 2. The highest BCUT2D eigenvalue weighted by Crippen LogP contribution is 2.12. The highest BCUT2D eigenvalue weighted by Gasteiger charge is 2.23. The van der Waals surface area contributed by atoms with E-state index in [-0.39, 0.29) is 5.75 Å². The molecule has 0 radical (unpaired) electrons. The number of guanidine groups is 1. The van der Waals surface area contributed by atoms with Crippen LogP contribution in [0.25, 0.3) is 0 Å². The molecule has 1 aliphatic rings. The summed E-state index contributed by atoms with van der Waals surface area (Å²) in [6.07, 6.45) is 1.61. The fourth-order valence-corrected chi connectivity index (χ4v) is 4.64. The molecule has 1 fully saturated rings. The van der Waals surface area contributed by atoms with Crippen LogP contribution >= 0.6 is 11.8 Å². The summed E-state index contributed by atoms with van der Waals surface area (Å²) >= 11 is 1.80. The average Bonchev–Trinajstić information content (AvgIpc) is 3.07.